The normalized spacial score (nSPS) is 14.1. The zero-order valence-corrected chi connectivity index (χ0v) is 23.7. The Morgan fingerprint density at radius 3 is 2.49 bits per heavy atom. The summed E-state index contributed by atoms with van der Waals surface area (Å²) in [6.07, 6.45) is 5.07. The van der Waals surface area contributed by atoms with Gasteiger partial charge in [0.1, 0.15) is 6.54 Å². The Hall–Kier alpha value is -3.50. The number of nitrogens with one attached hydrogen (secondary N) is 1. The maximum Gasteiger partial charge on any atom is 0.339 e. The molecule has 1 aliphatic rings. The molecule has 0 saturated carbocycles. The first-order valence-electron chi connectivity index (χ1n) is 12.6. The summed E-state index contributed by atoms with van der Waals surface area (Å²) in [6, 6.07) is 9.59. The minimum absolute atomic E-state index is 0.108. The van der Waals surface area contributed by atoms with E-state index in [-0.39, 0.29) is 27.8 Å². The fraction of sp³-hybridized carbons (Fsp3) is 0.357. The highest BCUT2D eigenvalue weighted by Gasteiger charge is 2.36. The Morgan fingerprint density at radius 2 is 1.77 bits per heavy atom. The fourth-order valence-corrected chi connectivity index (χ4v) is 4.53. The van der Waals surface area contributed by atoms with E-state index in [1.165, 1.54) is 25.3 Å². The Balaban J connectivity index is 1.66. The van der Waals surface area contributed by atoms with Crippen LogP contribution in [0.3, 0.4) is 0 Å². The van der Waals surface area contributed by atoms with Crippen LogP contribution in [0.25, 0.3) is 6.08 Å². The van der Waals surface area contributed by atoms with Crippen molar-refractivity contribution in [3.8, 4) is 11.5 Å². The number of esters is 1. The number of ether oxygens (including phenoxy) is 3. The van der Waals surface area contributed by atoms with Gasteiger partial charge >= 0.3 is 5.97 Å². The second-order valence-electron chi connectivity index (χ2n) is 8.61. The maximum atomic E-state index is 12.9. The van der Waals surface area contributed by atoms with Gasteiger partial charge in [0.25, 0.3) is 11.1 Å². The summed E-state index contributed by atoms with van der Waals surface area (Å²) < 4.78 is 16.3. The van der Waals surface area contributed by atoms with Crippen molar-refractivity contribution in [2.24, 2.45) is 0 Å². The molecule has 3 rings (SSSR count). The number of imide groups is 1. The molecule has 39 heavy (non-hydrogen) atoms. The molecule has 0 bridgehead atoms. The highest BCUT2D eigenvalue weighted by atomic mass is 35.5. The number of nitrogens with zero attached hydrogens (tertiary/aromatic N) is 1. The van der Waals surface area contributed by atoms with Crippen LogP contribution in [-0.4, -0.2) is 54.8 Å². The van der Waals surface area contributed by atoms with Gasteiger partial charge in [0.05, 0.1) is 35.8 Å². The van der Waals surface area contributed by atoms with E-state index in [2.05, 4.69) is 12.2 Å². The molecule has 2 aromatic carbocycles. The van der Waals surface area contributed by atoms with Crippen molar-refractivity contribution in [2.45, 2.75) is 39.5 Å². The van der Waals surface area contributed by atoms with E-state index in [0.717, 1.165) is 42.3 Å². The van der Waals surface area contributed by atoms with Gasteiger partial charge in [0.15, 0.2) is 11.5 Å². The van der Waals surface area contributed by atoms with Crippen LogP contribution >= 0.6 is 23.4 Å². The van der Waals surface area contributed by atoms with E-state index >= 15 is 0 Å². The number of rotatable bonds is 13. The zero-order chi connectivity index (χ0) is 28.4. The number of hydrogen-bond donors (Lipinski definition) is 1. The monoisotopic (exact) mass is 574 g/mol. The lowest BCUT2D eigenvalue weighted by molar-refractivity contribution is -0.127. The summed E-state index contributed by atoms with van der Waals surface area (Å²) >= 11 is 6.86. The Bertz CT molecular complexity index is 1260. The lowest BCUT2D eigenvalue weighted by Crippen LogP contribution is -2.36. The molecule has 0 atom stereocenters. The summed E-state index contributed by atoms with van der Waals surface area (Å²) in [4.78, 5) is 51.5. The first kappa shape index (κ1) is 30.0. The van der Waals surface area contributed by atoms with Gasteiger partial charge in [-0.15, -0.1) is 0 Å². The quantitative estimate of drug-likeness (QED) is 0.172. The first-order chi connectivity index (χ1) is 18.8. The highest BCUT2D eigenvalue weighted by Crippen LogP contribution is 2.34. The van der Waals surface area contributed by atoms with E-state index < -0.39 is 29.6 Å². The van der Waals surface area contributed by atoms with Gasteiger partial charge < -0.3 is 19.5 Å². The van der Waals surface area contributed by atoms with Crippen molar-refractivity contribution in [2.75, 3.05) is 32.2 Å². The number of benzene rings is 2. The third kappa shape index (κ3) is 8.24. The number of thioether (sulfide) groups is 1. The largest absolute Gasteiger partial charge is 0.493 e. The molecule has 1 heterocycles. The van der Waals surface area contributed by atoms with Gasteiger partial charge in [0.2, 0.25) is 5.91 Å². The Morgan fingerprint density at radius 1 is 1.03 bits per heavy atom. The maximum absolute atomic E-state index is 12.9. The van der Waals surface area contributed by atoms with Crippen molar-refractivity contribution in [1.29, 1.82) is 0 Å². The van der Waals surface area contributed by atoms with E-state index in [1.807, 2.05) is 6.92 Å². The SMILES string of the molecule is CCCCOC(=O)c1cc(NC(=O)CN2C(=O)S/C(=C\c3ccc(OCCCC)c(OC)c3)C2=O)ccc1Cl. The number of amides is 3. The standard InChI is InChI=1S/C28H31ClN2O7S/c1-4-6-12-37-22-11-8-18(14-23(22)36-3)15-24-26(33)31(28(35)39-24)17-25(32)30-19-9-10-21(29)20(16-19)27(34)38-13-7-5-2/h8-11,14-16H,4-7,12-13,17H2,1-3H3,(H,30,32)/b24-15-. The number of hydrogen-bond acceptors (Lipinski definition) is 8. The molecular weight excluding hydrogens is 544 g/mol. The second kappa shape index (κ2) is 14.6. The molecule has 0 aliphatic carbocycles. The number of methoxy groups -OCH3 is 1. The zero-order valence-electron chi connectivity index (χ0n) is 22.1. The van der Waals surface area contributed by atoms with Gasteiger partial charge in [-0.2, -0.15) is 0 Å². The fourth-order valence-electron chi connectivity index (χ4n) is 3.50. The minimum atomic E-state index is -0.610. The molecule has 9 nitrogen and oxygen atoms in total. The summed E-state index contributed by atoms with van der Waals surface area (Å²) in [6.45, 7) is 4.38. The van der Waals surface area contributed by atoms with E-state index in [4.69, 9.17) is 25.8 Å². The van der Waals surface area contributed by atoms with Gasteiger partial charge in [-0.3, -0.25) is 19.3 Å². The molecular formula is C28H31ClN2O7S. The van der Waals surface area contributed by atoms with Crippen LogP contribution in [0.5, 0.6) is 11.5 Å². The minimum Gasteiger partial charge on any atom is -0.493 e. The summed E-state index contributed by atoms with van der Waals surface area (Å²) in [5, 5.41) is 2.21. The van der Waals surface area contributed by atoms with Crippen molar-refractivity contribution in [3.63, 3.8) is 0 Å². The summed E-state index contributed by atoms with van der Waals surface area (Å²) in [5.74, 6) is -0.694. The summed E-state index contributed by atoms with van der Waals surface area (Å²) in [7, 11) is 1.53. The van der Waals surface area contributed by atoms with Crippen LogP contribution in [0.1, 0.15) is 55.5 Å². The Labute approximate surface area is 236 Å². The van der Waals surface area contributed by atoms with Gasteiger partial charge in [-0.25, -0.2) is 4.79 Å². The molecule has 1 fully saturated rings. The summed E-state index contributed by atoms with van der Waals surface area (Å²) in [5.41, 5.74) is 1.03. The average Bonchev–Trinajstić information content (AvgIpc) is 3.17. The van der Waals surface area contributed by atoms with Crippen LogP contribution in [0.15, 0.2) is 41.3 Å². The van der Waals surface area contributed by atoms with Crippen LogP contribution < -0.4 is 14.8 Å². The topological polar surface area (TPSA) is 111 Å². The third-order valence-corrected chi connectivity index (χ3v) is 6.85. The van der Waals surface area contributed by atoms with Crippen molar-refractivity contribution >= 4 is 58.1 Å². The molecule has 0 aromatic heterocycles. The average molecular weight is 575 g/mol. The lowest BCUT2D eigenvalue weighted by atomic mass is 10.2. The molecule has 0 unspecified atom stereocenters. The van der Waals surface area contributed by atoms with Gasteiger partial charge in [0, 0.05) is 5.69 Å². The smallest absolute Gasteiger partial charge is 0.339 e. The first-order valence-corrected chi connectivity index (χ1v) is 13.8. The van der Waals surface area contributed by atoms with Crippen molar-refractivity contribution in [3.05, 3.63) is 57.5 Å². The van der Waals surface area contributed by atoms with E-state index in [9.17, 15) is 19.2 Å². The lowest BCUT2D eigenvalue weighted by Gasteiger charge is -2.13. The molecule has 2 aromatic rings. The van der Waals surface area contributed by atoms with Crippen LogP contribution in [0.4, 0.5) is 10.5 Å². The molecule has 208 valence electrons. The van der Waals surface area contributed by atoms with Crippen LogP contribution in [-0.2, 0) is 14.3 Å². The molecule has 1 N–H and O–H groups in total. The third-order valence-electron chi connectivity index (χ3n) is 5.62. The van der Waals surface area contributed by atoms with Crippen molar-refractivity contribution < 1.29 is 33.4 Å². The number of carbonyl (C=O) groups is 4. The number of anilines is 1. The predicted molar refractivity (Wildman–Crippen MR) is 151 cm³/mol. The van der Waals surface area contributed by atoms with Crippen LogP contribution in [0.2, 0.25) is 5.02 Å². The number of unbranched alkanes of at least 4 members (excludes halogenated alkanes) is 2. The number of carbonyl (C=O) groups excluding carboxylic acids is 4. The highest BCUT2D eigenvalue weighted by molar-refractivity contribution is 8.18. The molecule has 11 heteroatoms. The van der Waals surface area contributed by atoms with E-state index in [1.54, 1.807) is 24.3 Å². The molecule has 3 amide bonds. The predicted octanol–water partition coefficient (Wildman–Crippen LogP) is 6.16. The molecule has 1 saturated heterocycles. The molecule has 0 radical (unpaired) electrons. The van der Waals surface area contributed by atoms with Crippen LogP contribution in [0, 0.1) is 0 Å². The van der Waals surface area contributed by atoms with Gasteiger partial charge in [-0.1, -0.05) is 44.4 Å². The van der Waals surface area contributed by atoms with E-state index in [0.29, 0.717) is 23.7 Å². The second-order valence-corrected chi connectivity index (χ2v) is 10.0. The molecule has 0 spiro atoms. The van der Waals surface area contributed by atoms with Crippen molar-refractivity contribution in [1.82, 2.24) is 4.90 Å². The number of halogens is 1. The van der Waals surface area contributed by atoms with Gasteiger partial charge in [-0.05, 0) is 66.6 Å². The molecule has 1 aliphatic heterocycles. The Kier molecular flexibility index (Phi) is 11.2.